The molecule has 0 spiro atoms. The Morgan fingerprint density at radius 2 is 1.58 bits per heavy atom. The van der Waals surface area contributed by atoms with Crippen LogP contribution in [0.3, 0.4) is 0 Å². The van der Waals surface area contributed by atoms with E-state index in [4.69, 9.17) is 4.74 Å². The van der Waals surface area contributed by atoms with Crippen LogP contribution in [0.25, 0.3) is 0 Å². The summed E-state index contributed by atoms with van der Waals surface area (Å²) in [6.45, 7) is 6.53. The topological polar surface area (TPSA) is 21.3 Å². The Kier molecular flexibility index (Phi) is 3.53. The lowest BCUT2D eigenvalue weighted by molar-refractivity contribution is 0.0926. The first-order valence-electron chi connectivity index (χ1n) is 7.62. The fraction of sp³-hybridized carbons (Fsp3) is 0.647. The van der Waals surface area contributed by atoms with Crippen molar-refractivity contribution in [3.8, 4) is 5.75 Å². The molecule has 2 heterocycles. The number of hydrogen-bond donors (Lipinski definition) is 1. The number of hydrogen-bond acceptors (Lipinski definition) is 2. The summed E-state index contributed by atoms with van der Waals surface area (Å²) in [6, 6.07) is 5.76. The lowest BCUT2D eigenvalue weighted by Gasteiger charge is -2.40. The average Bonchev–Trinajstić information content (AvgIpc) is 2.35. The molecule has 3 atom stereocenters. The van der Waals surface area contributed by atoms with E-state index in [0.717, 1.165) is 5.75 Å². The van der Waals surface area contributed by atoms with E-state index in [2.05, 4.69) is 38.2 Å². The van der Waals surface area contributed by atoms with Crippen molar-refractivity contribution in [2.45, 2.75) is 71.1 Å². The van der Waals surface area contributed by atoms with Crippen LogP contribution in [0, 0.1) is 20.8 Å². The molecule has 3 rings (SSSR count). The van der Waals surface area contributed by atoms with Gasteiger partial charge in [-0.25, -0.2) is 0 Å². The minimum Gasteiger partial charge on any atom is -0.490 e. The molecule has 19 heavy (non-hydrogen) atoms. The normalized spacial score (nSPS) is 30.2. The molecule has 1 unspecified atom stereocenters. The maximum Gasteiger partial charge on any atom is 0.120 e. The fourth-order valence-corrected chi connectivity index (χ4v) is 3.57. The molecule has 2 saturated heterocycles. The first kappa shape index (κ1) is 13.0. The van der Waals surface area contributed by atoms with Gasteiger partial charge in [0.25, 0.3) is 0 Å². The Bertz CT molecular complexity index is 433. The third kappa shape index (κ3) is 2.79. The largest absolute Gasteiger partial charge is 0.490 e. The third-order valence-electron chi connectivity index (χ3n) is 4.87. The van der Waals surface area contributed by atoms with Gasteiger partial charge in [-0.05, 0) is 75.3 Å². The first-order valence-corrected chi connectivity index (χ1v) is 7.62. The highest BCUT2D eigenvalue weighted by molar-refractivity contribution is 5.40. The van der Waals surface area contributed by atoms with Gasteiger partial charge < -0.3 is 10.1 Å². The van der Waals surface area contributed by atoms with E-state index >= 15 is 0 Å². The summed E-state index contributed by atoms with van der Waals surface area (Å²) in [4.78, 5) is 0. The Hall–Kier alpha value is -1.02. The molecule has 2 fully saturated rings. The number of rotatable bonds is 2. The van der Waals surface area contributed by atoms with Crippen LogP contribution in [0.15, 0.2) is 12.1 Å². The Morgan fingerprint density at radius 1 is 1.00 bits per heavy atom. The molecule has 0 aliphatic carbocycles. The summed E-state index contributed by atoms with van der Waals surface area (Å²) in [6.07, 6.45) is 6.77. The van der Waals surface area contributed by atoms with Gasteiger partial charge in [0.15, 0.2) is 0 Å². The minimum absolute atomic E-state index is 0.401. The van der Waals surface area contributed by atoms with Crippen molar-refractivity contribution < 1.29 is 4.74 Å². The number of aryl methyl sites for hydroxylation is 2. The number of ether oxygens (including phenoxy) is 1. The second-order valence-electron chi connectivity index (χ2n) is 6.38. The van der Waals surface area contributed by atoms with Crippen LogP contribution in [-0.2, 0) is 0 Å². The molecule has 0 saturated carbocycles. The summed E-state index contributed by atoms with van der Waals surface area (Å²) in [7, 11) is 0. The lowest BCUT2D eigenvalue weighted by Crippen LogP contribution is -2.51. The molecule has 2 aliphatic rings. The van der Waals surface area contributed by atoms with Crippen LogP contribution in [0.2, 0.25) is 0 Å². The molecule has 0 radical (unpaired) electrons. The van der Waals surface area contributed by atoms with Gasteiger partial charge in [-0.2, -0.15) is 0 Å². The molecule has 1 N–H and O–H groups in total. The Morgan fingerprint density at radius 3 is 2.16 bits per heavy atom. The van der Waals surface area contributed by atoms with Crippen molar-refractivity contribution >= 4 is 0 Å². The quantitative estimate of drug-likeness (QED) is 0.875. The molecule has 2 aliphatic heterocycles. The van der Waals surface area contributed by atoms with Gasteiger partial charge in [0.1, 0.15) is 11.9 Å². The summed E-state index contributed by atoms with van der Waals surface area (Å²) >= 11 is 0. The van der Waals surface area contributed by atoms with Gasteiger partial charge in [0.05, 0.1) is 0 Å². The summed E-state index contributed by atoms with van der Waals surface area (Å²) < 4.78 is 6.27. The van der Waals surface area contributed by atoms with E-state index in [1.165, 1.54) is 48.8 Å². The number of nitrogens with one attached hydrogen (secondary N) is 1. The highest BCUT2D eigenvalue weighted by atomic mass is 16.5. The van der Waals surface area contributed by atoms with E-state index in [1.54, 1.807) is 0 Å². The average molecular weight is 259 g/mol. The third-order valence-corrected chi connectivity index (χ3v) is 4.87. The van der Waals surface area contributed by atoms with E-state index in [1.807, 2.05) is 0 Å². The molecule has 2 bridgehead atoms. The number of fused-ring (bicyclic) bond motifs is 2. The summed E-state index contributed by atoms with van der Waals surface area (Å²) in [5.74, 6) is 1.06. The molecule has 2 heteroatoms. The molecule has 0 aromatic heterocycles. The lowest BCUT2D eigenvalue weighted by atomic mass is 9.85. The minimum atomic E-state index is 0.401. The second-order valence-corrected chi connectivity index (χ2v) is 6.38. The van der Waals surface area contributed by atoms with Gasteiger partial charge in [-0.1, -0.05) is 6.42 Å². The highest BCUT2D eigenvalue weighted by Gasteiger charge is 2.32. The zero-order valence-electron chi connectivity index (χ0n) is 12.3. The van der Waals surface area contributed by atoms with Crippen molar-refractivity contribution in [2.75, 3.05) is 0 Å². The standard InChI is InChI=1S/C17H25NO/c1-11-7-16(8-12(2)13(11)3)19-17-9-14-5-4-6-15(10-17)18-14/h7-8,14-15,17-18H,4-6,9-10H2,1-3H3/t14-,15+,17?. The zero-order valence-corrected chi connectivity index (χ0v) is 12.3. The Labute approximate surface area is 116 Å². The molecule has 1 aromatic carbocycles. The maximum absolute atomic E-state index is 6.27. The van der Waals surface area contributed by atoms with Gasteiger partial charge in [-0.15, -0.1) is 0 Å². The van der Waals surface area contributed by atoms with Gasteiger partial charge in [0, 0.05) is 12.1 Å². The Balaban J connectivity index is 1.71. The monoisotopic (exact) mass is 259 g/mol. The van der Waals surface area contributed by atoms with Crippen LogP contribution >= 0.6 is 0 Å². The number of piperidine rings is 2. The second kappa shape index (κ2) is 5.16. The maximum atomic E-state index is 6.27. The van der Waals surface area contributed by atoms with E-state index < -0.39 is 0 Å². The van der Waals surface area contributed by atoms with Crippen molar-refractivity contribution in [1.82, 2.24) is 5.32 Å². The predicted octanol–water partition coefficient (Wildman–Crippen LogP) is 3.66. The van der Waals surface area contributed by atoms with Crippen molar-refractivity contribution in [2.24, 2.45) is 0 Å². The molecule has 1 aromatic rings. The van der Waals surface area contributed by atoms with Gasteiger partial charge in [-0.3, -0.25) is 0 Å². The summed E-state index contributed by atoms with van der Waals surface area (Å²) in [5.41, 5.74) is 4.06. The van der Waals surface area contributed by atoms with Crippen molar-refractivity contribution in [3.05, 3.63) is 28.8 Å². The SMILES string of the molecule is Cc1cc(OC2C[C@H]3CCC[C@@H](C2)N3)cc(C)c1C. The van der Waals surface area contributed by atoms with E-state index in [9.17, 15) is 0 Å². The zero-order chi connectivity index (χ0) is 13.4. The summed E-state index contributed by atoms with van der Waals surface area (Å²) in [5, 5.41) is 3.72. The number of benzene rings is 1. The van der Waals surface area contributed by atoms with E-state index in [0.29, 0.717) is 18.2 Å². The molecule has 0 amide bonds. The van der Waals surface area contributed by atoms with Crippen LogP contribution in [0.4, 0.5) is 0 Å². The smallest absolute Gasteiger partial charge is 0.120 e. The van der Waals surface area contributed by atoms with Crippen LogP contribution < -0.4 is 10.1 Å². The molecular formula is C17H25NO. The molecular weight excluding hydrogens is 234 g/mol. The van der Waals surface area contributed by atoms with Gasteiger partial charge >= 0.3 is 0 Å². The van der Waals surface area contributed by atoms with Crippen LogP contribution in [0.5, 0.6) is 5.75 Å². The van der Waals surface area contributed by atoms with Crippen molar-refractivity contribution in [3.63, 3.8) is 0 Å². The van der Waals surface area contributed by atoms with Gasteiger partial charge in [0.2, 0.25) is 0 Å². The van der Waals surface area contributed by atoms with Crippen LogP contribution in [0.1, 0.15) is 48.8 Å². The fourth-order valence-electron chi connectivity index (χ4n) is 3.57. The molecule has 104 valence electrons. The van der Waals surface area contributed by atoms with Crippen LogP contribution in [-0.4, -0.2) is 18.2 Å². The predicted molar refractivity (Wildman–Crippen MR) is 78.9 cm³/mol. The van der Waals surface area contributed by atoms with E-state index in [-0.39, 0.29) is 0 Å². The highest BCUT2D eigenvalue weighted by Crippen LogP contribution is 2.30. The van der Waals surface area contributed by atoms with Crippen molar-refractivity contribution in [1.29, 1.82) is 0 Å². The molecule has 2 nitrogen and oxygen atoms in total. The first-order chi connectivity index (χ1) is 9.11.